The van der Waals surface area contributed by atoms with E-state index in [1.165, 1.54) is 0 Å². The lowest BCUT2D eigenvalue weighted by Gasteiger charge is -2.32. The second-order valence-electron chi connectivity index (χ2n) is 6.10. The Morgan fingerprint density at radius 3 is 2.46 bits per heavy atom. The van der Waals surface area contributed by atoms with Crippen LogP contribution in [0.25, 0.3) is 0 Å². The van der Waals surface area contributed by atoms with Crippen molar-refractivity contribution in [3.8, 4) is 0 Å². The van der Waals surface area contributed by atoms with Crippen LogP contribution in [0.4, 0.5) is 0 Å². The maximum absolute atomic E-state index is 12.6. The number of pyridine rings is 1. The van der Waals surface area contributed by atoms with Crippen LogP contribution in [0.5, 0.6) is 0 Å². The Hall–Kier alpha value is -2.63. The summed E-state index contributed by atoms with van der Waals surface area (Å²) >= 11 is 0. The third kappa shape index (κ3) is 3.48. The summed E-state index contributed by atoms with van der Waals surface area (Å²) in [7, 11) is 0. The highest BCUT2D eigenvalue weighted by atomic mass is 16.3. The van der Waals surface area contributed by atoms with Gasteiger partial charge in [-0.1, -0.05) is 0 Å². The topological polar surface area (TPSA) is 75.4 Å². The van der Waals surface area contributed by atoms with E-state index in [4.69, 9.17) is 4.42 Å². The normalized spacial score (nSPS) is 15.3. The van der Waals surface area contributed by atoms with Gasteiger partial charge in [-0.2, -0.15) is 0 Å². The molecule has 24 heavy (non-hydrogen) atoms. The molecular formula is C18H21N3O3. The Morgan fingerprint density at radius 2 is 1.88 bits per heavy atom. The third-order valence-corrected chi connectivity index (χ3v) is 4.33. The molecule has 6 nitrogen and oxygen atoms in total. The van der Waals surface area contributed by atoms with Crippen molar-refractivity contribution >= 4 is 11.8 Å². The Kier molecular flexibility index (Phi) is 4.64. The first-order valence-electron chi connectivity index (χ1n) is 8.12. The molecule has 0 radical (unpaired) electrons. The number of carbonyl (C=O) groups is 2. The smallest absolute Gasteiger partial charge is 0.257 e. The molecule has 3 heterocycles. The van der Waals surface area contributed by atoms with Crippen LogP contribution in [-0.4, -0.2) is 40.8 Å². The zero-order chi connectivity index (χ0) is 17.1. The summed E-state index contributed by atoms with van der Waals surface area (Å²) in [6.45, 7) is 4.90. The molecule has 1 N–H and O–H groups in total. The van der Waals surface area contributed by atoms with E-state index >= 15 is 0 Å². The van der Waals surface area contributed by atoms with E-state index < -0.39 is 0 Å². The minimum Gasteiger partial charge on any atom is -0.466 e. The van der Waals surface area contributed by atoms with Gasteiger partial charge in [0.2, 0.25) is 0 Å². The molecule has 1 aliphatic heterocycles. The van der Waals surface area contributed by atoms with Gasteiger partial charge in [-0.3, -0.25) is 14.6 Å². The fourth-order valence-electron chi connectivity index (χ4n) is 3.01. The maximum atomic E-state index is 12.6. The van der Waals surface area contributed by atoms with E-state index in [-0.39, 0.29) is 17.9 Å². The summed E-state index contributed by atoms with van der Waals surface area (Å²) in [5.74, 6) is 1.31. The number of nitrogens with one attached hydrogen (secondary N) is 1. The lowest BCUT2D eigenvalue weighted by molar-refractivity contribution is 0.0696. The molecule has 0 unspecified atom stereocenters. The fraction of sp³-hybridized carbons (Fsp3) is 0.389. The van der Waals surface area contributed by atoms with Gasteiger partial charge in [0, 0.05) is 37.1 Å². The van der Waals surface area contributed by atoms with Crippen molar-refractivity contribution in [3.05, 3.63) is 53.2 Å². The molecule has 1 aliphatic rings. The molecule has 6 heteroatoms. The Bertz CT molecular complexity index is 731. The first kappa shape index (κ1) is 16.2. The molecule has 2 aromatic rings. The summed E-state index contributed by atoms with van der Waals surface area (Å²) < 4.78 is 5.44. The molecule has 0 bridgehead atoms. The summed E-state index contributed by atoms with van der Waals surface area (Å²) in [5, 5.41) is 3.03. The number of furan rings is 1. The van der Waals surface area contributed by atoms with Gasteiger partial charge >= 0.3 is 0 Å². The number of hydrogen-bond donors (Lipinski definition) is 1. The molecule has 1 fully saturated rings. The highest BCUT2D eigenvalue weighted by molar-refractivity contribution is 5.95. The summed E-state index contributed by atoms with van der Waals surface area (Å²) in [6.07, 6.45) is 4.70. The van der Waals surface area contributed by atoms with Crippen molar-refractivity contribution < 1.29 is 14.0 Å². The van der Waals surface area contributed by atoms with E-state index in [2.05, 4.69) is 10.3 Å². The SMILES string of the molecule is Cc1cc(C(=O)N2CCC(NC(=O)c3ccncc3)CC2)c(C)o1. The van der Waals surface area contributed by atoms with Gasteiger partial charge in [0.15, 0.2) is 0 Å². The van der Waals surface area contributed by atoms with Crippen molar-refractivity contribution in [1.29, 1.82) is 0 Å². The first-order chi connectivity index (χ1) is 11.5. The van der Waals surface area contributed by atoms with Crippen molar-refractivity contribution in [2.45, 2.75) is 32.7 Å². The van der Waals surface area contributed by atoms with Crippen LogP contribution < -0.4 is 5.32 Å². The number of piperidine rings is 1. The van der Waals surface area contributed by atoms with Gasteiger partial charge in [-0.25, -0.2) is 0 Å². The van der Waals surface area contributed by atoms with Crippen molar-refractivity contribution in [2.24, 2.45) is 0 Å². The number of likely N-dealkylation sites (tertiary alicyclic amines) is 1. The van der Waals surface area contributed by atoms with E-state index in [0.717, 1.165) is 18.6 Å². The van der Waals surface area contributed by atoms with Crippen LogP contribution in [0.15, 0.2) is 35.0 Å². The molecule has 0 aliphatic carbocycles. The maximum Gasteiger partial charge on any atom is 0.257 e. The van der Waals surface area contributed by atoms with Crippen LogP contribution in [0.3, 0.4) is 0 Å². The largest absolute Gasteiger partial charge is 0.466 e. The summed E-state index contributed by atoms with van der Waals surface area (Å²) in [6, 6.07) is 5.26. The lowest BCUT2D eigenvalue weighted by Crippen LogP contribution is -2.46. The fourth-order valence-corrected chi connectivity index (χ4v) is 3.01. The van der Waals surface area contributed by atoms with Crippen molar-refractivity contribution in [1.82, 2.24) is 15.2 Å². The average Bonchev–Trinajstić information content (AvgIpc) is 2.94. The quantitative estimate of drug-likeness (QED) is 0.939. The van der Waals surface area contributed by atoms with Gasteiger partial charge in [0.05, 0.1) is 5.56 Å². The number of amides is 2. The van der Waals surface area contributed by atoms with E-state index in [1.54, 1.807) is 30.6 Å². The predicted molar refractivity (Wildman–Crippen MR) is 88.8 cm³/mol. The second kappa shape index (κ2) is 6.86. The number of carbonyl (C=O) groups excluding carboxylic acids is 2. The molecule has 1 saturated heterocycles. The first-order valence-corrected chi connectivity index (χ1v) is 8.12. The highest BCUT2D eigenvalue weighted by Crippen LogP contribution is 2.19. The monoisotopic (exact) mass is 327 g/mol. The van der Waals surface area contributed by atoms with Crippen LogP contribution >= 0.6 is 0 Å². The molecular weight excluding hydrogens is 306 g/mol. The number of aryl methyl sites for hydroxylation is 2. The van der Waals surface area contributed by atoms with Gasteiger partial charge < -0.3 is 14.6 Å². The standard InChI is InChI=1S/C18H21N3O3/c1-12-11-16(13(2)24-12)18(23)21-9-5-15(6-10-21)20-17(22)14-3-7-19-8-4-14/h3-4,7-8,11,15H,5-6,9-10H2,1-2H3,(H,20,22). The predicted octanol–water partition coefficient (Wildman–Crippen LogP) is 2.33. The molecule has 126 valence electrons. The lowest BCUT2D eigenvalue weighted by atomic mass is 10.0. The number of rotatable bonds is 3. The third-order valence-electron chi connectivity index (χ3n) is 4.33. The molecule has 0 spiro atoms. The number of hydrogen-bond acceptors (Lipinski definition) is 4. The van der Waals surface area contributed by atoms with E-state index in [1.807, 2.05) is 18.7 Å². The van der Waals surface area contributed by atoms with E-state index in [0.29, 0.717) is 30.0 Å². The van der Waals surface area contributed by atoms with Crippen LogP contribution in [0.1, 0.15) is 45.1 Å². The van der Waals surface area contributed by atoms with E-state index in [9.17, 15) is 9.59 Å². The molecule has 0 atom stereocenters. The Labute approximate surface area is 140 Å². The molecule has 2 amide bonds. The van der Waals surface area contributed by atoms with Crippen molar-refractivity contribution in [3.63, 3.8) is 0 Å². The van der Waals surface area contributed by atoms with Crippen LogP contribution in [0, 0.1) is 13.8 Å². The Balaban J connectivity index is 1.55. The molecule has 3 rings (SSSR count). The second-order valence-corrected chi connectivity index (χ2v) is 6.10. The van der Waals surface area contributed by atoms with Gasteiger partial charge in [-0.05, 0) is 44.9 Å². The minimum atomic E-state index is -0.0940. The van der Waals surface area contributed by atoms with Crippen molar-refractivity contribution in [2.75, 3.05) is 13.1 Å². The molecule has 0 saturated carbocycles. The zero-order valence-electron chi connectivity index (χ0n) is 13.9. The molecule has 2 aromatic heterocycles. The number of aromatic nitrogens is 1. The Morgan fingerprint density at radius 1 is 1.21 bits per heavy atom. The average molecular weight is 327 g/mol. The highest BCUT2D eigenvalue weighted by Gasteiger charge is 2.26. The summed E-state index contributed by atoms with van der Waals surface area (Å²) in [5.41, 5.74) is 1.24. The molecule has 0 aromatic carbocycles. The van der Waals surface area contributed by atoms with Gasteiger partial charge in [0.1, 0.15) is 11.5 Å². The van der Waals surface area contributed by atoms with Gasteiger partial charge in [0.25, 0.3) is 11.8 Å². The summed E-state index contributed by atoms with van der Waals surface area (Å²) in [4.78, 5) is 30.5. The minimum absolute atomic E-state index is 0.00302. The van der Waals surface area contributed by atoms with Crippen LogP contribution in [-0.2, 0) is 0 Å². The number of nitrogens with zero attached hydrogens (tertiary/aromatic N) is 2. The van der Waals surface area contributed by atoms with Crippen LogP contribution in [0.2, 0.25) is 0 Å². The zero-order valence-corrected chi connectivity index (χ0v) is 13.9. The van der Waals surface area contributed by atoms with Gasteiger partial charge in [-0.15, -0.1) is 0 Å².